The van der Waals surface area contributed by atoms with Crippen LogP contribution in [-0.4, -0.2) is 18.2 Å². The Bertz CT molecular complexity index is 810. The number of rotatable bonds is 3. The second kappa shape index (κ2) is 5.73. The van der Waals surface area contributed by atoms with Crippen LogP contribution in [0.15, 0.2) is 59.1 Å². The number of nitrogens with two attached hydrogens (primary N) is 1. The van der Waals surface area contributed by atoms with Crippen LogP contribution >= 0.6 is 0 Å². The van der Waals surface area contributed by atoms with Gasteiger partial charge in [-0.25, -0.2) is 4.79 Å². The van der Waals surface area contributed by atoms with Gasteiger partial charge in [-0.1, -0.05) is 47.6 Å². The zero-order valence-electron chi connectivity index (χ0n) is 11.9. The van der Waals surface area contributed by atoms with Gasteiger partial charge in [0.25, 0.3) is 0 Å². The molecule has 5 heteroatoms. The van der Waals surface area contributed by atoms with Crippen molar-refractivity contribution < 1.29 is 14.1 Å². The number of benzene rings is 2. The van der Waals surface area contributed by atoms with Crippen LogP contribution in [0.25, 0.3) is 22.6 Å². The summed E-state index contributed by atoms with van der Waals surface area (Å²) in [7, 11) is 1.34. The number of esters is 1. The molecule has 0 aliphatic carbocycles. The van der Waals surface area contributed by atoms with Gasteiger partial charge in [0.2, 0.25) is 0 Å². The summed E-state index contributed by atoms with van der Waals surface area (Å²) in [4.78, 5) is 11.6. The monoisotopic (exact) mass is 294 g/mol. The van der Waals surface area contributed by atoms with Crippen molar-refractivity contribution in [3.05, 3.63) is 60.2 Å². The topological polar surface area (TPSA) is 78.3 Å². The Kier molecular flexibility index (Phi) is 3.62. The molecule has 22 heavy (non-hydrogen) atoms. The van der Waals surface area contributed by atoms with Crippen molar-refractivity contribution >= 4 is 11.7 Å². The van der Waals surface area contributed by atoms with Gasteiger partial charge in [0.1, 0.15) is 11.4 Å². The van der Waals surface area contributed by atoms with Crippen LogP contribution in [0.4, 0.5) is 5.69 Å². The molecule has 0 radical (unpaired) electrons. The average Bonchev–Trinajstić information content (AvgIpc) is 2.96. The first-order valence-corrected chi connectivity index (χ1v) is 6.70. The van der Waals surface area contributed by atoms with Crippen LogP contribution in [0.1, 0.15) is 10.4 Å². The molecule has 0 saturated carbocycles. The van der Waals surface area contributed by atoms with Crippen LogP contribution < -0.4 is 5.73 Å². The lowest BCUT2D eigenvalue weighted by molar-refractivity contribution is 0.0601. The zero-order chi connectivity index (χ0) is 15.5. The van der Waals surface area contributed by atoms with Crippen LogP contribution in [0.5, 0.6) is 0 Å². The number of hydrogen-bond acceptors (Lipinski definition) is 5. The first-order valence-electron chi connectivity index (χ1n) is 6.70. The number of aromatic nitrogens is 1. The molecule has 1 heterocycles. The molecule has 0 aliphatic rings. The molecule has 5 nitrogen and oxygen atoms in total. The van der Waals surface area contributed by atoms with Gasteiger partial charge in [-0.2, -0.15) is 0 Å². The van der Waals surface area contributed by atoms with E-state index in [0.29, 0.717) is 28.3 Å². The van der Waals surface area contributed by atoms with Crippen molar-refractivity contribution in [1.29, 1.82) is 0 Å². The molecule has 0 fully saturated rings. The van der Waals surface area contributed by atoms with Crippen molar-refractivity contribution in [1.82, 2.24) is 5.16 Å². The molecule has 2 N–H and O–H groups in total. The van der Waals surface area contributed by atoms with E-state index in [1.54, 1.807) is 18.2 Å². The van der Waals surface area contributed by atoms with Gasteiger partial charge in [-0.3, -0.25) is 0 Å². The number of carbonyl (C=O) groups excluding carboxylic acids is 1. The molecule has 0 unspecified atom stereocenters. The molecule has 0 aliphatic heterocycles. The van der Waals surface area contributed by atoms with E-state index in [9.17, 15) is 4.79 Å². The highest BCUT2D eigenvalue weighted by Gasteiger charge is 2.17. The normalized spacial score (nSPS) is 10.4. The molecule has 3 aromatic rings. The minimum absolute atomic E-state index is 0.410. The fourth-order valence-electron chi connectivity index (χ4n) is 2.21. The van der Waals surface area contributed by atoms with Crippen LogP contribution in [0, 0.1) is 0 Å². The molecule has 0 bridgehead atoms. The maximum atomic E-state index is 11.6. The number of carbonyl (C=O) groups is 1. The average molecular weight is 294 g/mol. The van der Waals surface area contributed by atoms with E-state index in [4.69, 9.17) is 15.0 Å². The number of ether oxygens (including phenoxy) is 1. The summed E-state index contributed by atoms with van der Waals surface area (Å²) in [5.41, 5.74) is 9.08. The summed E-state index contributed by atoms with van der Waals surface area (Å²) < 4.78 is 10.1. The van der Waals surface area contributed by atoms with Gasteiger partial charge in [0, 0.05) is 11.1 Å². The Morgan fingerprint density at radius 3 is 2.55 bits per heavy atom. The number of methoxy groups -OCH3 is 1. The highest BCUT2D eigenvalue weighted by Crippen LogP contribution is 2.34. The van der Waals surface area contributed by atoms with Crippen LogP contribution in [0.3, 0.4) is 0 Å². The lowest BCUT2D eigenvalue weighted by Gasteiger charge is -2.02. The van der Waals surface area contributed by atoms with Gasteiger partial charge < -0.3 is 15.0 Å². The Morgan fingerprint density at radius 2 is 1.82 bits per heavy atom. The Balaban J connectivity index is 2.04. The van der Waals surface area contributed by atoms with Crippen molar-refractivity contribution in [2.75, 3.05) is 12.8 Å². The first kappa shape index (κ1) is 13.9. The predicted molar refractivity (Wildman–Crippen MR) is 83.1 cm³/mol. The van der Waals surface area contributed by atoms with Gasteiger partial charge in [0.05, 0.1) is 12.7 Å². The molecule has 3 rings (SSSR count). The molecule has 0 spiro atoms. The second-order valence-corrected chi connectivity index (χ2v) is 4.71. The molecule has 0 saturated heterocycles. The van der Waals surface area contributed by atoms with Gasteiger partial charge >= 0.3 is 5.97 Å². The van der Waals surface area contributed by atoms with E-state index in [-0.39, 0.29) is 0 Å². The van der Waals surface area contributed by atoms with E-state index in [2.05, 4.69) is 5.16 Å². The summed E-state index contributed by atoms with van der Waals surface area (Å²) in [5, 5.41) is 4.04. The first-order chi connectivity index (χ1) is 10.7. The van der Waals surface area contributed by atoms with E-state index in [0.717, 1.165) is 5.56 Å². The molecular weight excluding hydrogens is 280 g/mol. The summed E-state index contributed by atoms with van der Waals surface area (Å²) in [6, 6.07) is 16.4. The largest absolute Gasteiger partial charge is 0.465 e. The second-order valence-electron chi connectivity index (χ2n) is 4.71. The highest BCUT2D eigenvalue weighted by atomic mass is 16.5. The number of nitrogens with zero attached hydrogens (tertiary/aromatic N) is 1. The summed E-state index contributed by atoms with van der Waals surface area (Å²) in [6.45, 7) is 0. The van der Waals surface area contributed by atoms with Crippen molar-refractivity contribution in [2.24, 2.45) is 0 Å². The molecule has 110 valence electrons. The fraction of sp³-hybridized carbons (Fsp3) is 0.0588. The fourth-order valence-corrected chi connectivity index (χ4v) is 2.21. The summed E-state index contributed by atoms with van der Waals surface area (Å²) >= 11 is 0. The minimum atomic E-state index is -0.410. The van der Waals surface area contributed by atoms with E-state index in [1.165, 1.54) is 7.11 Å². The number of hydrogen-bond donors (Lipinski definition) is 1. The molecule has 0 atom stereocenters. The van der Waals surface area contributed by atoms with Crippen molar-refractivity contribution in [2.45, 2.75) is 0 Å². The zero-order valence-corrected chi connectivity index (χ0v) is 11.9. The quantitative estimate of drug-likeness (QED) is 0.749. The SMILES string of the molecule is COC(=O)c1cccc(-c2noc(-c3ccccc3)c2N)c1. The number of anilines is 1. The lowest BCUT2D eigenvalue weighted by atomic mass is 10.0. The third kappa shape index (κ3) is 2.44. The standard InChI is InChI=1S/C17H14N2O3/c1-21-17(20)13-9-5-8-12(10-13)15-14(18)16(22-19-15)11-6-3-2-4-7-11/h2-10H,18H2,1H3. The predicted octanol–water partition coefficient (Wildman–Crippen LogP) is 3.38. The third-order valence-electron chi connectivity index (χ3n) is 3.32. The van der Waals surface area contributed by atoms with Crippen molar-refractivity contribution in [3.63, 3.8) is 0 Å². The smallest absolute Gasteiger partial charge is 0.337 e. The van der Waals surface area contributed by atoms with E-state index >= 15 is 0 Å². The molecular formula is C17H14N2O3. The highest BCUT2D eigenvalue weighted by molar-refractivity contribution is 5.92. The number of nitrogen functional groups attached to an aromatic ring is 1. The lowest BCUT2D eigenvalue weighted by Crippen LogP contribution is -2.01. The van der Waals surface area contributed by atoms with Crippen molar-refractivity contribution in [3.8, 4) is 22.6 Å². The molecule has 1 aromatic heterocycles. The Morgan fingerprint density at radius 1 is 1.09 bits per heavy atom. The van der Waals surface area contributed by atoms with Gasteiger partial charge in [-0.05, 0) is 12.1 Å². The van der Waals surface area contributed by atoms with Gasteiger partial charge in [0.15, 0.2) is 5.76 Å². The summed E-state index contributed by atoms with van der Waals surface area (Å²) in [6.07, 6.45) is 0. The molecule has 2 aromatic carbocycles. The minimum Gasteiger partial charge on any atom is -0.465 e. The van der Waals surface area contributed by atoms with Crippen LogP contribution in [0.2, 0.25) is 0 Å². The summed E-state index contributed by atoms with van der Waals surface area (Å²) in [5.74, 6) is 0.103. The van der Waals surface area contributed by atoms with E-state index in [1.807, 2.05) is 36.4 Å². The van der Waals surface area contributed by atoms with Crippen LogP contribution in [-0.2, 0) is 4.74 Å². The maximum Gasteiger partial charge on any atom is 0.337 e. The Labute approximate surface area is 127 Å². The maximum absolute atomic E-state index is 11.6. The third-order valence-corrected chi connectivity index (χ3v) is 3.32. The van der Waals surface area contributed by atoms with E-state index < -0.39 is 5.97 Å². The van der Waals surface area contributed by atoms with Gasteiger partial charge in [-0.15, -0.1) is 0 Å². The molecule has 0 amide bonds. The Hall–Kier alpha value is -3.08.